The summed E-state index contributed by atoms with van der Waals surface area (Å²) in [7, 11) is 0. The minimum absolute atomic E-state index is 0.0383. The lowest BCUT2D eigenvalue weighted by Crippen LogP contribution is -2.52. The number of benzene rings is 1. The number of hydrogen-bond donors (Lipinski definition) is 2. The van der Waals surface area contributed by atoms with Gasteiger partial charge in [-0.15, -0.1) is 0 Å². The van der Waals surface area contributed by atoms with Crippen LogP contribution >= 0.6 is 11.6 Å². The Morgan fingerprint density at radius 1 is 1.09 bits per heavy atom. The highest BCUT2D eigenvalue weighted by atomic mass is 35.5. The maximum Gasteiger partial charge on any atom is 0.410 e. The van der Waals surface area contributed by atoms with Crippen LogP contribution in [0.2, 0.25) is 5.02 Å². The number of nitrogens with zero attached hydrogens (tertiary/aromatic N) is 4. The average molecular weight is 611 g/mol. The number of amides is 3. The minimum atomic E-state index is -0.656. The van der Waals surface area contributed by atoms with E-state index in [1.165, 1.54) is 0 Å². The maximum atomic E-state index is 14.1. The van der Waals surface area contributed by atoms with Crippen LogP contribution in [0.15, 0.2) is 42.7 Å². The topological polar surface area (TPSA) is 111 Å². The quantitative estimate of drug-likeness (QED) is 0.306. The molecule has 3 amide bonds. The highest BCUT2D eigenvalue weighted by Gasteiger charge is 2.34. The summed E-state index contributed by atoms with van der Waals surface area (Å²) >= 11 is 6.17. The molecule has 0 saturated carbocycles. The van der Waals surface area contributed by atoms with Gasteiger partial charge in [0.15, 0.2) is 0 Å². The second-order valence-electron chi connectivity index (χ2n) is 12.2. The summed E-state index contributed by atoms with van der Waals surface area (Å²) in [4.78, 5) is 52.9. The van der Waals surface area contributed by atoms with Gasteiger partial charge < -0.3 is 29.7 Å². The molecule has 232 valence electrons. The number of aromatic nitrogens is 2. The van der Waals surface area contributed by atoms with Gasteiger partial charge in [0.2, 0.25) is 11.8 Å². The van der Waals surface area contributed by atoms with Crippen LogP contribution in [0.1, 0.15) is 65.9 Å². The third-order valence-electron chi connectivity index (χ3n) is 7.44. The Morgan fingerprint density at radius 2 is 1.77 bits per heavy atom. The predicted molar refractivity (Wildman–Crippen MR) is 171 cm³/mol. The van der Waals surface area contributed by atoms with E-state index in [2.05, 4.69) is 20.2 Å². The van der Waals surface area contributed by atoms with E-state index in [9.17, 15) is 14.4 Å². The minimum Gasteiger partial charge on any atom is -0.444 e. The van der Waals surface area contributed by atoms with Crippen molar-refractivity contribution >= 4 is 51.9 Å². The van der Waals surface area contributed by atoms with E-state index in [-0.39, 0.29) is 24.4 Å². The first-order valence-electron chi connectivity index (χ1n) is 14.9. The van der Waals surface area contributed by atoms with Gasteiger partial charge in [-0.05, 0) is 64.8 Å². The van der Waals surface area contributed by atoms with Crippen molar-refractivity contribution in [3.05, 3.63) is 53.3 Å². The van der Waals surface area contributed by atoms with Crippen LogP contribution in [0, 0.1) is 0 Å². The zero-order chi connectivity index (χ0) is 31.3. The number of halogens is 1. The number of carbonyl (C=O) groups is 3. The largest absolute Gasteiger partial charge is 0.444 e. The second kappa shape index (κ2) is 13.7. The number of pyridine rings is 1. The fourth-order valence-corrected chi connectivity index (χ4v) is 5.39. The molecule has 2 aromatic heterocycles. The van der Waals surface area contributed by atoms with Gasteiger partial charge in [-0.3, -0.25) is 9.59 Å². The monoisotopic (exact) mass is 610 g/mol. The molecule has 1 aromatic carbocycles. The van der Waals surface area contributed by atoms with Gasteiger partial charge >= 0.3 is 6.09 Å². The molecule has 1 fully saturated rings. The van der Waals surface area contributed by atoms with E-state index >= 15 is 0 Å². The van der Waals surface area contributed by atoms with Crippen molar-refractivity contribution in [1.29, 1.82) is 0 Å². The molecule has 1 atom stereocenters. The zero-order valence-electron chi connectivity index (χ0n) is 25.9. The van der Waals surface area contributed by atoms with E-state index < -0.39 is 17.6 Å². The molecule has 0 aliphatic carbocycles. The van der Waals surface area contributed by atoms with Gasteiger partial charge in [-0.25, -0.2) is 9.78 Å². The molecule has 3 heterocycles. The maximum absolute atomic E-state index is 14.1. The van der Waals surface area contributed by atoms with Crippen LogP contribution in [0.25, 0.3) is 11.0 Å². The Morgan fingerprint density at radius 3 is 2.37 bits per heavy atom. The van der Waals surface area contributed by atoms with Crippen LogP contribution in [0.4, 0.5) is 16.2 Å². The van der Waals surface area contributed by atoms with Crippen molar-refractivity contribution in [2.75, 3.05) is 42.9 Å². The van der Waals surface area contributed by atoms with Crippen molar-refractivity contribution in [3.63, 3.8) is 0 Å². The van der Waals surface area contributed by atoms with Gasteiger partial charge in [0, 0.05) is 62.6 Å². The van der Waals surface area contributed by atoms with Crippen molar-refractivity contribution in [2.24, 2.45) is 0 Å². The summed E-state index contributed by atoms with van der Waals surface area (Å²) in [5, 5.41) is 4.44. The van der Waals surface area contributed by atoms with Crippen molar-refractivity contribution < 1.29 is 19.1 Å². The molecule has 4 rings (SSSR count). The number of anilines is 2. The molecule has 11 heteroatoms. The molecular weight excluding hydrogens is 568 g/mol. The zero-order valence-corrected chi connectivity index (χ0v) is 26.7. The number of ether oxygens (including phenoxy) is 1. The Bertz CT molecular complexity index is 1420. The lowest BCUT2D eigenvalue weighted by molar-refractivity contribution is -0.133. The lowest BCUT2D eigenvalue weighted by atomic mass is 9.96. The number of piperazine rings is 1. The first-order valence-corrected chi connectivity index (χ1v) is 15.3. The number of rotatable bonds is 9. The summed E-state index contributed by atoms with van der Waals surface area (Å²) in [5.74, 6) is -0.676. The molecule has 1 aliphatic rings. The predicted octanol–water partition coefficient (Wildman–Crippen LogP) is 6.03. The Kier molecular flexibility index (Phi) is 10.2. The summed E-state index contributed by atoms with van der Waals surface area (Å²) in [6.45, 7) is 13.7. The fraction of sp³-hybridized carbons (Fsp3) is 0.500. The Balaban J connectivity index is 1.54. The van der Waals surface area contributed by atoms with E-state index in [0.29, 0.717) is 49.0 Å². The van der Waals surface area contributed by atoms with Crippen LogP contribution in [0.3, 0.4) is 0 Å². The molecule has 3 aromatic rings. The molecule has 0 spiro atoms. The first-order chi connectivity index (χ1) is 20.4. The van der Waals surface area contributed by atoms with Gasteiger partial charge in [0.05, 0.1) is 22.7 Å². The number of hydrogen-bond acceptors (Lipinski definition) is 6. The SMILES string of the molecule is CCCC(=O)Nc1c[nH]c2nccc(N3CCN(C(=O)C(CN(C(=O)OC(C)(C)C)C(C)C)c4ccc(Cl)cc4)CC3)c12. The molecule has 43 heavy (non-hydrogen) atoms. The molecule has 2 N–H and O–H groups in total. The van der Waals surface area contributed by atoms with Gasteiger partial charge in [0.1, 0.15) is 11.2 Å². The third-order valence-corrected chi connectivity index (χ3v) is 7.69. The normalized spacial score (nSPS) is 14.6. The van der Waals surface area contributed by atoms with Crippen LogP contribution in [0.5, 0.6) is 0 Å². The summed E-state index contributed by atoms with van der Waals surface area (Å²) in [6, 6.07) is 9.01. The van der Waals surface area contributed by atoms with Gasteiger partial charge in [-0.1, -0.05) is 30.7 Å². The molecule has 1 unspecified atom stereocenters. The molecule has 1 aliphatic heterocycles. The molecule has 0 bridgehead atoms. The van der Waals surface area contributed by atoms with Crippen molar-refractivity contribution in [1.82, 2.24) is 19.8 Å². The van der Waals surface area contributed by atoms with Crippen molar-refractivity contribution in [2.45, 2.75) is 71.9 Å². The Hall–Kier alpha value is -3.79. The van der Waals surface area contributed by atoms with Gasteiger partial charge in [-0.2, -0.15) is 0 Å². The standard InChI is InChI=1S/C32H43ClN6O4/c1-7-8-27(40)36-25-19-35-29-28(25)26(13-14-34-29)37-15-17-38(18-16-37)30(41)24(22-9-11-23(33)12-10-22)20-39(21(2)3)31(42)43-32(4,5)6/h9-14,19,21,24H,7-8,15-18,20H2,1-6H3,(H,34,35)(H,36,40). The first kappa shape index (κ1) is 32.1. The highest BCUT2D eigenvalue weighted by Crippen LogP contribution is 2.33. The number of carbonyl (C=O) groups excluding carboxylic acids is 3. The molecular formula is C32H43ClN6O4. The smallest absolute Gasteiger partial charge is 0.410 e. The number of fused-ring (bicyclic) bond motifs is 1. The number of aromatic amines is 1. The molecule has 1 saturated heterocycles. The number of H-pyrrole nitrogens is 1. The van der Waals surface area contributed by atoms with E-state index in [0.717, 1.165) is 23.1 Å². The van der Waals surface area contributed by atoms with Crippen molar-refractivity contribution in [3.8, 4) is 0 Å². The summed E-state index contributed by atoms with van der Waals surface area (Å²) in [5.41, 5.74) is 2.49. The highest BCUT2D eigenvalue weighted by molar-refractivity contribution is 6.30. The average Bonchev–Trinajstić information content (AvgIpc) is 3.35. The second-order valence-corrected chi connectivity index (χ2v) is 12.6. The van der Waals surface area contributed by atoms with Gasteiger partial charge in [0.25, 0.3) is 0 Å². The summed E-state index contributed by atoms with van der Waals surface area (Å²) < 4.78 is 5.68. The van der Waals surface area contributed by atoms with E-state index in [4.69, 9.17) is 16.3 Å². The lowest BCUT2D eigenvalue weighted by Gasteiger charge is -2.39. The molecule has 0 radical (unpaired) electrons. The fourth-order valence-electron chi connectivity index (χ4n) is 5.26. The molecule has 10 nitrogen and oxygen atoms in total. The Labute approximate surface area is 258 Å². The van der Waals surface area contributed by atoms with Crippen LogP contribution in [-0.4, -0.2) is 82.0 Å². The summed E-state index contributed by atoms with van der Waals surface area (Å²) in [6.07, 6.45) is 4.28. The van der Waals surface area contributed by atoms with Crippen LogP contribution in [-0.2, 0) is 14.3 Å². The number of nitrogens with one attached hydrogen (secondary N) is 2. The third kappa shape index (κ3) is 7.98. The van der Waals surface area contributed by atoms with E-state index in [1.54, 1.807) is 29.4 Å². The van der Waals surface area contributed by atoms with Crippen LogP contribution < -0.4 is 10.2 Å². The van der Waals surface area contributed by atoms with E-state index in [1.807, 2.05) is 64.6 Å².